The van der Waals surface area contributed by atoms with Crippen LogP contribution in [0.15, 0.2) is 121 Å². The van der Waals surface area contributed by atoms with Crippen molar-refractivity contribution in [1.29, 1.82) is 0 Å². The third kappa shape index (κ3) is 3.41. The standard InChI is InChI=1S/C33H27N/c1-33(2)31-20-7-6-17-29(31)30-19-10-18-28(32(30)33)25-14-9-16-27(22-25)34-26-15-8-13-24(21-26)23-11-4-3-5-12-23/h3-22,34H,1-2H3. The fraction of sp³-hybridized carbons (Fsp3) is 0.0909. The number of rotatable bonds is 4. The van der Waals surface area contributed by atoms with Crippen LogP contribution in [0.1, 0.15) is 25.0 Å². The lowest BCUT2D eigenvalue weighted by Gasteiger charge is -2.24. The summed E-state index contributed by atoms with van der Waals surface area (Å²) in [5, 5.41) is 3.63. The Hall–Kier alpha value is -4.10. The third-order valence-electron chi connectivity index (χ3n) is 7.01. The fourth-order valence-corrected chi connectivity index (χ4v) is 5.43. The van der Waals surface area contributed by atoms with Gasteiger partial charge in [-0.3, -0.25) is 0 Å². The van der Waals surface area contributed by atoms with Gasteiger partial charge in [0.05, 0.1) is 0 Å². The first-order valence-corrected chi connectivity index (χ1v) is 11.9. The van der Waals surface area contributed by atoms with Gasteiger partial charge in [0.2, 0.25) is 0 Å². The van der Waals surface area contributed by atoms with Gasteiger partial charge in [0, 0.05) is 16.8 Å². The van der Waals surface area contributed by atoms with Gasteiger partial charge in [0.15, 0.2) is 0 Å². The first kappa shape index (κ1) is 20.5. The predicted molar refractivity (Wildman–Crippen MR) is 145 cm³/mol. The van der Waals surface area contributed by atoms with Gasteiger partial charge in [-0.1, -0.05) is 111 Å². The maximum Gasteiger partial charge on any atom is 0.0390 e. The molecule has 0 aliphatic heterocycles. The predicted octanol–water partition coefficient (Wildman–Crippen LogP) is 9.07. The summed E-state index contributed by atoms with van der Waals surface area (Å²) in [6.45, 7) is 4.69. The lowest BCUT2D eigenvalue weighted by Crippen LogP contribution is -2.16. The molecule has 0 saturated carbocycles. The molecule has 0 amide bonds. The molecule has 0 atom stereocenters. The van der Waals surface area contributed by atoms with E-state index in [9.17, 15) is 0 Å². The van der Waals surface area contributed by atoms with Crippen LogP contribution >= 0.6 is 0 Å². The van der Waals surface area contributed by atoms with Crippen molar-refractivity contribution in [3.8, 4) is 33.4 Å². The molecule has 0 radical (unpaired) electrons. The van der Waals surface area contributed by atoms with Crippen LogP contribution in [0.25, 0.3) is 33.4 Å². The zero-order valence-corrected chi connectivity index (χ0v) is 19.5. The molecular weight excluding hydrogens is 410 g/mol. The Bertz CT molecular complexity index is 1490. The molecule has 0 heterocycles. The molecule has 1 aliphatic rings. The van der Waals surface area contributed by atoms with E-state index >= 15 is 0 Å². The van der Waals surface area contributed by atoms with Crippen LogP contribution in [0.3, 0.4) is 0 Å². The molecule has 0 unspecified atom stereocenters. The topological polar surface area (TPSA) is 12.0 Å². The molecule has 34 heavy (non-hydrogen) atoms. The van der Waals surface area contributed by atoms with Crippen molar-refractivity contribution in [1.82, 2.24) is 0 Å². The highest BCUT2D eigenvalue weighted by molar-refractivity contribution is 5.88. The molecular formula is C33H27N. The van der Waals surface area contributed by atoms with Crippen molar-refractivity contribution >= 4 is 11.4 Å². The smallest absolute Gasteiger partial charge is 0.0390 e. The number of hydrogen-bond donors (Lipinski definition) is 1. The van der Waals surface area contributed by atoms with Crippen LogP contribution in [0.4, 0.5) is 11.4 Å². The summed E-state index contributed by atoms with van der Waals surface area (Å²) in [6, 6.07) is 43.4. The average molecular weight is 438 g/mol. The molecule has 0 aromatic heterocycles. The molecule has 1 N–H and O–H groups in total. The van der Waals surface area contributed by atoms with Gasteiger partial charge >= 0.3 is 0 Å². The molecule has 0 spiro atoms. The molecule has 1 heteroatoms. The zero-order chi connectivity index (χ0) is 23.1. The fourth-order valence-electron chi connectivity index (χ4n) is 5.43. The van der Waals surface area contributed by atoms with Gasteiger partial charge in [-0.05, 0) is 68.8 Å². The third-order valence-corrected chi connectivity index (χ3v) is 7.01. The van der Waals surface area contributed by atoms with Crippen LogP contribution in [-0.4, -0.2) is 0 Å². The molecule has 5 aromatic carbocycles. The molecule has 1 nitrogen and oxygen atoms in total. The molecule has 1 aliphatic carbocycles. The maximum absolute atomic E-state index is 3.63. The van der Waals surface area contributed by atoms with Gasteiger partial charge < -0.3 is 5.32 Å². The Morgan fingerprint density at radius 2 is 1.03 bits per heavy atom. The second-order valence-electron chi connectivity index (χ2n) is 9.55. The average Bonchev–Trinajstić information content (AvgIpc) is 3.12. The van der Waals surface area contributed by atoms with Gasteiger partial charge in [0.25, 0.3) is 0 Å². The maximum atomic E-state index is 3.63. The lowest BCUT2D eigenvalue weighted by atomic mass is 9.79. The number of hydrogen-bond acceptors (Lipinski definition) is 1. The summed E-state index contributed by atoms with van der Waals surface area (Å²) >= 11 is 0. The number of fused-ring (bicyclic) bond motifs is 3. The van der Waals surface area contributed by atoms with Crippen LogP contribution in [0, 0.1) is 0 Å². The Labute approximate surface area is 201 Å². The van der Waals surface area contributed by atoms with Crippen LogP contribution in [-0.2, 0) is 5.41 Å². The van der Waals surface area contributed by atoms with E-state index in [1.165, 1.54) is 44.5 Å². The van der Waals surface area contributed by atoms with Gasteiger partial charge in [-0.25, -0.2) is 0 Å². The highest BCUT2D eigenvalue weighted by atomic mass is 14.9. The number of nitrogens with one attached hydrogen (secondary N) is 1. The second kappa shape index (κ2) is 8.04. The Morgan fingerprint density at radius 3 is 1.82 bits per heavy atom. The van der Waals surface area contributed by atoms with E-state index in [0.717, 1.165) is 11.4 Å². The Morgan fingerprint density at radius 1 is 0.471 bits per heavy atom. The number of anilines is 2. The summed E-state index contributed by atoms with van der Waals surface area (Å²) in [4.78, 5) is 0. The van der Waals surface area contributed by atoms with Gasteiger partial charge in [-0.15, -0.1) is 0 Å². The minimum absolute atomic E-state index is 0.0318. The minimum Gasteiger partial charge on any atom is -0.355 e. The summed E-state index contributed by atoms with van der Waals surface area (Å²) in [6.07, 6.45) is 0. The summed E-state index contributed by atoms with van der Waals surface area (Å²) < 4.78 is 0. The van der Waals surface area contributed by atoms with Crippen molar-refractivity contribution in [3.05, 3.63) is 132 Å². The Balaban J connectivity index is 1.37. The quantitative estimate of drug-likeness (QED) is 0.296. The highest BCUT2D eigenvalue weighted by Crippen LogP contribution is 2.52. The molecule has 0 saturated heterocycles. The summed E-state index contributed by atoms with van der Waals surface area (Å²) in [5.74, 6) is 0. The summed E-state index contributed by atoms with van der Waals surface area (Å²) in [7, 11) is 0. The minimum atomic E-state index is -0.0318. The monoisotopic (exact) mass is 437 g/mol. The van der Waals surface area contributed by atoms with E-state index < -0.39 is 0 Å². The van der Waals surface area contributed by atoms with E-state index in [-0.39, 0.29) is 5.41 Å². The lowest BCUT2D eigenvalue weighted by molar-refractivity contribution is 0.662. The molecule has 5 aromatic rings. The van der Waals surface area contributed by atoms with Crippen molar-refractivity contribution in [2.75, 3.05) is 5.32 Å². The zero-order valence-electron chi connectivity index (χ0n) is 19.5. The molecule has 164 valence electrons. The number of benzene rings is 5. The van der Waals surface area contributed by atoms with E-state index in [1.54, 1.807) is 0 Å². The highest BCUT2D eigenvalue weighted by Gasteiger charge is 2.37. The largest absolute Gasteiger partial charge is 0.355 e. The molecule has 0 bridgehead atoms. The normalized spacial score (nSPS) is 13.2. The van der Waals surface area contributed by atoms with Crippen molar-refractivity contribution in [2.24, 2.45) is 0 Å². The SMILES string of the molecule is CC1(C)c2ccccc2-c2cccc(-c3cccc(Nc4cccc(-c5ccccc5)c4)c3)c21. The Kier molecular flexibility index (Phi) is 4.85. The van der Waals surface area contributed by atoms with E-state index in [0.29, 0.717) is 0 Å². The van der Waals surface area contributed by atoms with Gasteiger partial charge in [0.1, 0.15) is 0 Å². The van der Waals surface area contributed by atoms with Crippen molar-refractivity contribution in [3.63, 3.8) is 0 Å². The van der Waals surface area contributed by atoms with E-state index in [2.05, 4.69) is 140 Å². The van der Waals surface area contributed by atoms with Crippen LogP contribution in [0.5, 0.6) is 0 Å². The second-order valence-corrected chi connectivity index (χ2v) is 9.55. The molecule has 6 rings (SSSR count). The first-order valence-electron chi connectivity index (χ1n) is 11.9. The van der Waals surface area contributed by atoms with Crippen LogP contribution in [0.2, 0.25) is 0 Å². The molecule has 0 fully saturated rings. The van der Waals surface area contributed by atoms with Crippen LogP contribution < -0.4 is 5.32 Å². The van der Waals surface area contributed by atoms with E-state index in [4.69, 9.17) is 0 Å². The van der Waals surface area contributed by atoms with E-state index in [1.807, 2.05) is 0 Å². The van der Waals surface area contributed by atoms with Crippen molar-refractivity contribution in [2.45, 2.75) is 19.3 Å². The summed E-state index contributed by atoms with van der Waals surface area (Å²) in [5.41, 5.74) is 12.7. The van der Waals surface area contributed by atoms with Gasteiger partial charge in [-0.2, -0.15) is 0 Å². The van der Waals surface area contributed by atoms with Crippen molar-refractivity contribution < 1.29 is 0 Å². The first-order chi connectivity index (χ1) is 16.6.